The molecule has 1 atom stereocenters. The molecule has 110 valence electrons. The topological polar surface area (TPSA) is 74.8 Å². The molecule has 0 fully saturated rings. The van der Waals surface area contributed by atoms with Crippen LogP contribution in [0.3, 0.4) is 0 Å². The molecule has 2 N–H and O–H groups in total. The van der Waals surface area contributed by atoms with Crippen LogP contribution in [0.25, 0.3) is 0 Å². The molecule has 0 aliphatic rings. The van der Waals surface area contributed by atoms with E-state index in [9.17, 15) is 9.59 Å². The van der Waals surface area contributed by atoms with Crippen molar-refractivity contribution < 1.29 is 4.79 Å². The van der Waals surface area contributed by atoms with Gasteiger partial charge in [-0.3, -0.25) is 9.59 Å². The molecule has 1 amide bonds. The van der Waals surface area contributed by atoms with E-state index < -0.39 is 0 Å². The second kappa shape index (κ2) is 6.58. The molecule has 1 aromatic heterocycles. The van der Waals surface area contributed by atoms with Gasteiger partial charge in [0, 0.05) is 18.0 Å². The van der Waals surface area contributed by atoms with Crippen molar-refractivity contribution >= 4 is 23.4 Å². The van der Waals surface area contributed by atoms with Crippen molar-refractivity contribution in [2.75, 3.05) is 5.32 Å². The second-order valence-electron chi connectivity index (χ2n) is 4.81. The number of hydrogen-bond acceptors (Lipinski definition) is 4. The summed E-state index contributed by atoms with van der Waals surface area (Å²) in [5.74, 6) is -0.125. The number of carbonyl (C=O) groups is 1. The summed E-state index contributed by atoms with van der Waals surface area (Å²) in [6, 6.07) is 7.25. The van der Waals surface area contributed by atoms with Gasteiger partial charge < -0.3 is 10.3 Å². The van der Waals surface area contributed by atoms with Gasteiger partial charge in [-0.05, 0) is 38.0 Å². The van der Waals surface area contributed by atoms with Gasteiger partial charge in [0.15, 0.2) is 5.16 Å². The highest BCUT2D eigenvalue weighted by Gasteiger charge is 2.16. The largest absolute Gasteiger partial charge is 0.325 e. The van der Waals surface area contributed by atoms with Crippen LogP contribution in [0.5, 0.6) is 0 Å². The number of nitrogens with zero attached hydrogens (tertiary/aromatic N) is 1. The van der Waals surface area contributed by atoms with Crippen molar-refractivity contribution in [3.8, 4) is 0 Å². The molecule has 2 aromatic rings. The number of H-pyrrole nitrogens is 1. The van der Waals surface area contributed by atoms with Crippen LogP contribution in [0, 0.1) is 13.8 Å². The first-order valence-electron chi connectivity index (χ1n) is 6.56. The molecular weight excluding hydrogens is 286 g/mol. The molecule has 21 heavy (non-hydrogen) atoms. The normalized spacial score (nSPS) is 12.0. The fourth-order valence-electron chi connectivity index (χ4n) is 1.74. The van der Waals surface area contributed by atoms with E-state index in [-0.39, 0.29) is 16.7 Å². The van der Waals surface area contributed by atoms with Gasteiger partial charge >= 0.3 is 0 Å². The fourth-order valence-corrected chi connectivity index (χ4v) is 2.52. The quantitative estimate of drug-likeness (QED) is 0.672. The van der Waals surface area contributed by atoms with Crippen LogP contribution in [0.1, 0.15) is 18.1 Å². The number of benzene rings is 1. The van der Waals surface area contributed by atoms with Crippen molar-refractivity contribution in [1.29, 1.82) is 0 Å². The van der Waals surface area contributed by atoms with Crippen molar-refractivity contribution in [1.82, 2.24) is 9.97 Å². The highest BCUT2D eigenvalue weighted by atomic mass is 32.2. The standard InChI is InChI=1S/C15H17N3O2S/c1-9-4-5-10(2)12(8-9)17-14(20)11(3)21-15-16-7-6-13(19)18-15/h4-8,11H,1-3H3,(H,17,20)(H,16,18,19)/t11-/m1/s1. The highest BCUT2D eigenvalue weighted by molar-refractivity contribution is 8.00. The van der Waals surface area contributed by atoms with Gasteiger partial charge in [0.05, 0.1) is 5.25 Å². The molecule has 2 rings (SSSR count). The Morgan fingerprint density at radius 3 is 2.81 bits per heavy atom. The van der Waals surface area contributed by atoms with E-state index in [4.69, 9.17) is 0 Å². The molecule has 0 spiro atoms. The summed E-state index contributed by atoms with van der Waals surface area (Å²) in [6.45, 7) is 5.70. The maximum Gasteiger partial charge on any atom is 0.251 e. The Kier molecular flexibility index (Phi) is 4.80. The number of carbonyl (C=O) groups excluding carboxylic acids is 1. The van der Waals surface area contributed by atoms with Gasteiger partial charge in [0.1, 0.15) is 0 Å². The number of aromatic amines is 1. The number of rotatable bonds is 4. The van der Waals surface area contributed by atoms with Crippen LogP contribution in [-0.4, -0.2) is 21.1 Å². The summed E-state index contributed by atoms with van der Waals surface area (Å²) < 4.78 is 0. The Balaban J connectivity index is 2.06. The Morgan fingerprint density at radius 1 is 1.33 bits per heavy atom. The van der Waals surface area contributed by atoms with Crippen molar-refractivity contribution in [2.45, 2.75) is 31.2 Å². The lowest BCUT2D eigenvalue weighted by Crippen LogP contribution is -2.23. The monoisotopic (exact) mass is 303 g/mol. The molecular formula is C15H17N3O2S. The molecule has 6 heteroatoms. The van der Waals surface area contributed by atoms with Crippen LogP contribution < -0.4 is 10.9 Å². The average molecular weight is 303 g/mol. The lowest BCUT2D eigenvalue weighted by atomic mass is 10.1. The Labute approximate surface area is 127 Å². The van der Waals surface area contributed by atoms with E-state index in [1.54, 1.807) is 6.92 Å². The zero-order valence-corrected chi connectivity index (χ0v) is 13.0. The van der Waals surface area contributed by atoms with Gasteiger partial charge in [-0.25, -0.2) is 4.98 Å². The van der Waals surface area contributed by atoms with E-state index in [1.165, 1.54) is 24.0 Å². The van der Waals surface area contributed by atoms with E-state index >= 15 is 0 Å². The minimum absolute atomic E-state index is 0.125. The van der Waals surface area contributed by atoms with Crippen molar-refractivity contribution in [3.05, 3.63) is 51.9 Å². The predicted octanol–water partition coefficient (Wildman–Crippen LogP) is 2.51. The molecule has 0 unspecified atom stereocenters. The summed E-state index contributed by atoms with van der Waals surface area (Å²) in [5.41, 5.74) is 2.68. The number of aromatic nitrogens is 2. The van der Waals surface area contributed by atoms with E-state index in [0.29, 0.717) is 5.16 Å². The second-order valence-corrected chi connectivity index (χ2v) is 6.14. The third-order valence-electron chi connectivity index (χ3n) is 2.96. The van der Waals surface area contributed by atoms with E-state index in [0.717, 1.165) is 16.8 Å². The van der Waals surface area contributed by atoms with Gasteiger partial charge in [-0.15, -0.1) is 0 Å². The smallest absolute Gasteiger partial charge is 0.251 e. The van der Waals surface area contributed by atoms with Crippen molar-refractivity contribution in [2.24, 2.45) is 0 Å². The molecule has 1 aromatic carbocycles. The minimum atomic E-state index is -0.365. The summed E-state index contributed by atoms with van der Waals surface area (Å²) in [7, 11) is 0. The number of aryl methyl sites for hydroxylation is 2. The zero-order chi connectivity index (χ0) is 15.4. The van der Waals surface area contributed by atoms with Crippen LogP contribution in [0.4, 0.5) is 5.69 Å². The maximum atomic E-state index is 12.2. The Bertz CT molecular complexity index is 712. The number of nitrogens with one attached hydrogen (secondary N) is 2. The molecule has 0 radical (unpaired) electrons. The van der Waals surface area contributed by atoms with Crippen LogP contribution in [0.15, 0.2) is 40.4 Å². The summed E-state index contributed by atoms with van der Waals surface area (Å²) in [6.07, 6.45) is 1.43. The molecule has 1 heterocycles. The molecule has 5 nitrogen and oxygen atoms in total. The first-order valence-corrected chi connectivity index (χ1v) is 7.44. The first kappa shape index (κ1) is 15.3. The van der Waals surface area contributed by atoms with Gasteiger partial charge in [0.2, 0.25) is 5.91 Å². The Morgan fingerprint density at radius 2 is 2.10 bits per heavy atom. The lowest BCUT2D eigenvalue weighted by molar-refractivity contribution is -0.115. The van der Waals surface area contributed by atoms with Gasteiger partial charge in [-0.1, -0.05) is 23.9 Å². The Hall–Kier alpha value is -2.08. The number of thioether (sulfide) groups is 1. The number of hydrogen-bond donors (Lipinski definition) is 2. The minimum Gasteiger partial charge on any atom is -0.325 e. The highest BCUT2D eigenvalue weighted by Crippen LogP contribution is 2.21. The zero-order valence-electron chi connectivity index (χ0n) is 12.1. The van der Waals surface area contributed by atoms with Crippen LogP contribution >= 0.6 is 11.8 Å². The third kappa shape index (κ3) is 4.19. The fraction of sp³-hybridized carbons (Fsp3) is 0.267. The molecule has 0 saturated carbocycles. The number of amides is 1. The van der Waals surface area contributed by atoms with Crippen LogP contribution in [-0.2, 0) is 4.79 Å². The maximum absolute atomic E-state index is 12.2. The van der Waals surface area contributed by atoms with E-state index in [1.807, 2.05) is 32.0 Å². The SMILES string of the molecule is Cc1ccc(C)c(NC(=O)[C@@H](C)Sc2nccc(=O)[nH]2)c1. The third-order valence-corrected chi connectivity index (χ3v) is 3.95. The first-order chi connectivity index (χ1) is 9.95. The number of anilines is 1. The van der Waals surface area contributed by atoms with Gasteiger partial charge in [0.25, 0.3) is 5.56 Å². The van der Waals surface area contributed by atoms with E-state index in [2.05, 4.69) is 15.3 Å². The van der Waals surface area contributed by atoms with Crippen molar-refractivity contribution in [3.63, 3.8) is 0 Å². The molecule has 0 saturated heterocycles. The van der Waals surface area contributed by atoms with Gasteiger partial charge in [-0.2, -0.15) is 0 Å². The predicted molar refractivity (Wildman–Crippen MR) is 84.7 cm³/mol. The molecule has 0 bridgehead atoms. The molecule has 0 aliphatic heterocycles. The average Bonchev–Trinajstić information content (AvgIpc) is 2.43. The lowest BCUT2D eigenvalue weighted by Gasteiger charge is -2.13. The summed E-state index contributed by atoms with van der Waals surface area (Å²) in [4.78, 5) is 30.0. The van der Waals surface area contributed by atoms with Crippen LogP contribution in [0.2, 0.25) is 0 Å². The molecule has 0 aliphatic carbocycles. The summed E-state index contributed by atoms with van der Waals surface area (Å²) >= 11 is 1.22. The summed E-state index contributed by atoms with van der Waals surface area (Å²) in [5, 5.41) is 2.98.